The molecule has 0 fully saturated rings. The van der Waals surface area contributed by atoms with E-state index in [1.54, 1.807) is 12.5 Å². The second-order valence-corrected chi connectivity index (χ2v) is 4.96. The van der Waals surface area contributed by atoms with Crippen LogP contribution in [0.4, 0.5) is 0 Å². The average Bonchev–Trinajstić information content (AvgIpc) is 2.91. The van der Waals surface area contributed by atoms with E-state index in [9.17, 15) is 4.79 Å². The van der Waals surface area contributed by atoms with Gasteiger partial charge in [-0.3, -0.25) is 4.79 Å². The second-order valence-electron chi connectivity index (χ2n) is 4.96. The van der Waals surface area contributed by atoms with E-state index >= 15 is 0 Å². The van der Waals surface area contributed by atoms with Gasteiger partial charge in [0.1, 0.15) is 0 Å². The number of benzene rings is 1. The molecule has 0 saturated heterocycles. The molecule has 0 radical (unpaired) electrons. The molecule has 0 bridgehead atoms. The predicted molar refractivity (Wildman–Crippen MR) is 75.0 cm³/mol. The van der Waals surface area contributed by atoms with Crippen molar-refractivity contribution >= 4 is 5.78 Å². The Hall–Kier alpha value is -1.87. The molecule has 1 aromatic carbocycles. The van der Waals surface area contributed by atoms with E-state index in [2.05, 4.69) is 4.90 Å². The molecule has 1 atom stereocenters. The molecule has 1 aromatic heterocycles. The first-order valence-electron chi connectivity index (χ1n) is 6.45. The van der Waals surface area contributed by atoms with Gasteiger partial charge in [-0.2, -0.15) is 0 Å². The van der Waals surface area contributed by atoms with Crippen LogP contribution >= 0.6 is 0 Å². The lowest BCUT2D eigenvalue weighted by Gasteiger charge is -2.20. The number of nitrogens with zero attached hydrogens (tertiary/aromatic N) is 1. The first-order valence-corrected chi connectivity index (χ1v) is 6.45. The van der Waals surface area contributed by atoms with E-state index in [1.807, 2.05) is 50.4 Å². The van der Waals surface area contributed by atoms with Crippen LogP contribution in [0.25, 0.3) is 0 Å². The number of carbonyl (C=O) groups excluding carboxylic acids is 1. The van der Waals surface area contributed by atoms with E-state index in [-0.39, 0.29) is 11.7 Å². The Kier molecular flexibility index (Phi) is 4.53. The van der Waals surface area contributed by atoms with Crippen molar-refractivity contribution in [3.63, 3.8) is 0 Å². The molecule has 0 saturated carbocycles. The fraction of sp³-hybridized carbons (Fsp3) is 0.312. The van der Waals surface area contributed by atoms with Crippen molar-refractivity contribution in [1.29, 1.82) is 0 Å². The van der Waals surface area contributed by atoms with Crippen molar-refractivity contribution in [2.24, 2.45) is 5.92 Å². The largest absolute Gasteiger partial charge is 0.472 e. The molecular formula is C16H19NO2. The van der Waals surface area contributed by atoms with E-state index in [0.29, 0.717) is 0 Å². The smallest absolute Gasteiger partial charge is 0.166 e. The first kappa shape index (κ1) is 13.6. The molecule has 1 heterocycles. The van der Waals surface area contributed by atoms with Crippen LogP contribution in [-0.4, -0.2) is 24.3 Å². The molecule has 0 aliphatic carbocycles. The highest BCUT2D eigenvalue weighted by Crippen LogP contribution is 2.11. The Morgan fingerprint density at radius 3 is 2.63 bits per heavy atom. The molecule has 0 spiro atoms. The van der Waals surface area contributed by atoms with Gasteiger partial charge in [-0.05, 0) is 13.1 Å². The van der Waals surface area contributed by atoms with Crippen LogP contribution in [0.2, 0.25) is 0 Å². The minimum absolute atomic E-state index is 0.0145. The van der Waals surface area contributed by atoms with Crippen LogP contribution in [0, 0.1) is 5.92 Å². The highest BCUT2D eigenvalue weighted by molar-refractivity contribution is 5.97. The third-order valence-electron chi connectivity index (χ3n) is 3.12. The third-order valence-corrected chi connectivity index (χ3v) is 3.12. The zero-order valence-electron chi connectivity index (χ0n) is 11.4. The maximum Gasteiger partial charge on any atom is 0.166 e. The maximum atomic E-state index is 12.2. The molecule has 19 heavy (non-hydrogen) atoms. The lowest BCUT2D eigenvalue weighted by molar-refractivity contribution is 0.0901. The van der Waals surface area contributed by atoms with Gasteiger partial charge < -0.3 is 9.32 Å². The summed E-state index contributed by atoms with van der Waals surface area (Å²) in [6.07, 6.45) is 3.40. The summed E-state index contributed by atoms with van der Waals surface area (Å²) in [5, 5.41) is 0. The lowest BCUT2D eigenvalue weighted by atomic mass is 9.99. The molecule has 0 amide bonds. The zero-order chi connectivity index (χ0) is 13.7. The summed E-state index contributed by atoms with van der Waals surface area (Å²) in [6.45, 7) is 3.50. The predicted octanol–water partition coefficient (Wildman–Crippen LogP) is 3.23. The highest BCUT2D eigenvalue weighted by atomic mass is 16.3. The Morgan fingerprint density at radius 2 is 2.00 bits per heavy atom. The van der Waals surface area contributed by atoms with Crippen molar-refractivity contribution in [3.05, 3.63) is 60.1 Å². The molecule has 0 aliphatic heterocycles. The quantitative estimate of drug-likeness (QED) is 0.745. The van der Waals surface area contributed by atoms with Crippen molar-refractivity contribution in [1.82, 2.24) is 4.90 Å². The van der Waals surface area contributed by atoms with Crippen LogP contribution < -0.4 is 0 Å². The number of hydrogen-bond acceptors (Lipinski definition) is 3. The minimum Gasteiger partial charge on any atom is -0.472 e. The number of rotatable bonds is 6. The minimum atomic E-state index is -0.0145. The third kappa shape index (κ3) is 3.80. The Balaban J connectivity index is 1.90. The van der Waals surface area contributed by atoms with Crippen LogP contribution in [0.5, 0.6) is 0 Å². The molecule has 100 valence electrons. The van der Waals surface area contributed by atoms with Crippen molar-refractivity contribution in [2.75, 3.05) is 13.6 Å². The highest BCUT2D eigenvalue weighted by Gasteiger charge is 2.16. The van der Waals surface area contributed by atoms with E-state index in [1.165, 1.54) is 0 Å². The summed E-state index contributed by atoms with van der Waals surface area (Å²) in [5.74, 6) is 0.180. The van der Waals surface area contributed by atoms with Crippen LogP contribution in [0.1, 0.15) is 22.8 Å². The van der Waals surface area contributed by atoms with Crippen molar-refractivity contribution in [2.45, 2.75) is 13.5 Å². The van der Waals surface area contributed by atoms with E-state index < -0.39 is 0 Å². The summed E-state index contributed by atoms with van der Waals surface area (Å²) in [6, 6.07) is 11.4. The average molecular weight is 257 g/mol. The molecule has 2 rings (SSSR count). The Bertz CT molecular complexity index is 505. The Labute approximate surface area is 113 Å². The van der Waals surface area contributed by atoms with Gasteiger partial charge >= 0.3 is 0 Å². The maximum absolute atomic E-state index is 12.2. The molecule has 0 aliphatic rings. The molecule has 3 nitrogen and oxygen atoms in total. The SMILES string of the molecule is CC(CN(C)Cc1ccoc1)C(=O)c1ccccc1. The summed E-state index contributed by atoms with van der Waals surface area (Å²) in [7, 11) is 2.02. The van der Waals surface area contributed by atoms with Gasteiger partial charge in [0.25, 0.3) is 0 Å². The lowest BCUT2D eigenvalue weighted by Crippen LogP contribution is -2.28. The Morgan fingerprint density at radius 1 is 1.26 bits per heavy atom. The fourth-order valence-electron chi connectivity index (χ4n) is 2.20. The topological polar surface area (TPSA) is 33.5 Å². The number of furan rings is 1. The van der Waals surface area contributed by atoms with Gasteiger partial charge in [0.2, 0.25) is 0 Å². The van der Waals surface area contributed by atoms with Gasteiger partial charge in [0, 0.05) is 30.1 Å². The number of ketones is 1. The molecular weight excluding hydrogens is 238 g/mol. The molecule has 3 heteroatoms. The first-order chi connectivity index (χ1) is 9.16. The standard InChI is InChI=1S/C16H19NO2/c1-13(16(18)15-6-4-3-5-7-15)10-17(2)11-14-8-9-19-12-14/h3-9,12-13H,10-11H2,1-2H3. The molecule has 0 N–H and O–H groups in total. The van der Waals surface area contributed by atoms with Gasteiger partial charge in [-0.1, -0.05) is 37.3 Å². The number of Topliss-reactive ketones (excluding diaryl/α,β-unsaturated/α-hetero) is 1. The summed E-state index contributed by atoms with van der Waals surface area (Å²) >= 11 is 0. The van der Waals surface area contributed by atoms with Crippen molar-refractivity contribution < 1.29 is 9.21 Å². The summed E-state index contributed by atoms with van der Waals surface area (Å²) < 4.78 is 5.04. The number of hydrogen-bond donors (Lipinski definition) is 0. The van der Waals surface area contributed by atoms with Crippen LogP contribution in [-0.2, 0) is 6.54 Å². The second kappa shape index (κ2) is 6.34. The summed E-state index contributed by atoms with van der Waals surface area (Å²) in [5.41, 5.74) is 1.91. The normalized spacial score (nSPS) is 12.6. The summed E-state index contributed by atoms with van der Waals surface area (Å²) in [4.78, 5) is 14.4. The van der Waals surface area contributed by atoms with Gasteiger partial charge in [0.05, 0.1) is 12.5 Å². The van der Waals surface area contributed by atoms with Crippen LogP contribution in [0.3, 0.4) is 0 Å². The number of carbonyl (C=O) groups is 1. The van der Waals surface area contributed by atoms with Crippen molar-refractivity contribution in [3.8, 4) is 0 Å². The molecule has 2 aromatic rings. The van der Waals surface area contributed by atoms with Gasteiger partial charge in [0.15, 0.2) is 5.78 Å². The van der Waals surface area contributed by atoms with Gasteiger partial charge in [-0.25, -0.2) is 0 Å². The monoisotopic (exact) mass is 257 g/mol. The fourth-order valence-corrected chi connectivity index (χ4v) is 2.20. The van der Waals surface area contributed by atoms with Gasteiger partial charge in [-0.15, -0.1) is 0 Å². The molecule has 1 unspecified atom stereocenters. The van der Waals surface area contributed by atoms with E-state index in [4.69, 9.17) is 4.42 Å². The van der Waals surface area contributed by atoms with Crippen LogP contribution in [0.15, 0.2) is 53.3 Å². The van der Waals surface area contributed by atoms with E-state index in [0.717, 1.165) is 24.2 Å². The zero-order valence-corrected chi connectivity index (χ0v) is 11.4.